The van der Waals surface area contributed by atoms with Gasteiger partial charge in [0.15, 0.2) is 0 Å². The Hall–Kier alpha value is -0.980. The van der Waals surface area contributed by atoms with E-state index in [0.29, 0.717) is 0 Å². The van der Waals surface area contributed by atoms with Crippen LogP contribution in [0.2, 0.25) is 0 Å². The van der Waals surface area contributed by atoms with Gasteiger partial charge in [-0.15, -0.1) is 0 Å². The van der Waals surface area contributed by atoms with Gasteiger partial charge in [0.2, 0.25) is 0 Å². The van der Waals surface area contributed by atoms with E-state index in [0.717, 1.165) is 11.0 Å². The van der Waals surface area contributed by atoms with Crippen LogP contribution in [0.3, 0.4) is 0 Å². The molecule has 0 aliphatic carbocycles. The second-order valence-electron chi connectivity index (χ2n) is 3.45. The van der Waals surface area contributed by atoms with Crippen molar-refractivity contribution < 1.29 is 17.6 Å². The average Bonchev–Trinajstić information content (AvgIpc) is 2.19. The number of rotatable bonds is 3. The highest BCUT2D eigenvalue weighted by Gasteiger charge is 2.31. The predicted octanol–water partition coefficient (Wildman–Crippen LogP) is 3.56. The molecule has 1 rings (SSSR count). The summed E-state index contributed by atoms with van der Waals surface area (Å²) in [6, 6.07) is 2.25. The molecule has 7 heteroatoms. The van der Waals surface area contributed by atoms with E-state index in [1.807, 2.05) is 0 Å². The summed E-state index contributed by atoms with van der Waals surface area (Å²) in [5.74, 6) is -0.602. The molecule has 0 spiro atoms. The summed E-state index contributed by atoms with van der Waals surface area (Å²) < 4.78 is 50.1. The molecule has 0 heterocycles. The Balaban J connectivity index is 3.08. The van der Waals surface area contributed by atoms with E-state index in [1.165, 1.54) is 6.07 Å². The van der Waals surface area contributed by atoms with Gasteiger partial charge in [-0.05, 0) is 28.9 Å². The standard InChI is InChI=1S/C10H11BrF4N2/c1-2-17(5-10(13,14)15)9-3-6(11)7(12)4-8(9)16/h3-4H,2,5,16H2,1H3. The Morgan fingerprint density at radius 1 is 1.35 bits per heavy atom. The summed E-state index contributed by atoms with van der Waals surface area (Å²) in [6.07, 6.45) is -4.33. The molecule has 2 N–H and O–H groups in total. The van der Waals surface area contributed by atoms with Gasteiger partial charge in [-0.25, -0.2) is 4.39 Å². The highest BCUT2D eigenvalue weighted by Crippen LogP contribution is 2.31. The van der Waals surface area contributed by atoms with Crippen molar-refractivity contribution in [1.82, 2.24) is 0 Å². The summed E-state index contributed by atoms with van der Waals surface area (Å²) in [7, 11) is 0. The lowest BCUT2D eigenvalue weighted by molar-refractivity contribution is -0.119. The number of nitrogens with zero attached hydrogens (tertiary/aromatic N) is 1. The monoisotopic (exact) mass is 314 g/mol. The maximum absolute atomic E-state index is 13.1. The molecule has 1 aromatic carbocycles. The van der Waals surface area contributed by atoms with Gasteiger partial charge >= 0.3 is 6.18 Å². The van der Waals surface area contributed by atoms with Crippen LogP contribution < -0.4 is 10.6 Å². The molecule has 17 heavy (non-hydrogen) atoms. The smallest absolute Gasteiger partial charge is 0.397 e. The summed E-state index contributed by atoms with van der Waals surface area (Å²) in [5, 5.41) is 0. The Bertz CT molecular complexity index is 406. The van der Waals surface area contributed by atoms with E-state index < -0.39 is 18.5 Å². The van der Waals surface area contributed by atoms with E-state index >= 15 is 0 Å². The van der Waals surface area contributed by atoms with E-state index in [1.54, 1.807) is 6.92 Å². The van der Waals surface area contributed by atoms with E-state index in [4.69, 9.17) is 5.73 Å². The fourth-order valence-electron chi connectivity index (χ4n) is 1.41. The normalized spacial score (nSPS) is 11.6. The zero-order chi connectivity index (χ0) is 13.2. The number of alkyl halides is 3. The molecule has 2 nitrogen and oxygen atoms in total. The molecule has 0 fully saturated rings. The van der Waals surface area contributed by atoms with Gasteiger partial charge in [0.25, 0.3) is 0 Å². The topological polar surface area (TPSA) is 29.3 Å². The summed E-state index contributed by atoms with van der Waals surface area (Å²) in [6.45, 7) is 0.579. The highest BCUT2D eigenvalue weighted by atomic mass is 79.9. The van der Waals surface area contributed by atoms with Gasteiger partial charge in [0, 0.05) is 12.6 Å². The van der Waals surface area contributed by atoms with Crippen molar-refractivity contribution in [3.63, 3.8) is 0 Å². The highest BCUT2D eigenvalue weighted by molar-refractivity contribution is 9.10. The molecule has 0 atom stereocenters. The molecule has 0 aromatic heterocycles. The molecule has 0 saturated carbocycles. The third-order valence-corrected chi connectivity index (χ3v) is 2.77. The fourth-order valence-corrected chi connectivity index (χ4v) is 1.74. The molecule has 0 aliphatic heterocycles. The Morgan fingerprint density at radius 3 is 2.41 bits per heavy atom. The van der Waals surface area contributed by atoms with Crippen LogP contribution in [0.5, 0.6) is 0 Å². The van der Waals surface area contributed by atoms with E-state index in [2.05, 4.69) is 15.9 Å². The molecular formula is C10H11BrF4N2. The van der Waals surface area contributed by atoms with Crippen molar-refractivity contribution in [3.8, 4) is 0 Å². The number of hydrogen-bond acceptors (Lipinski definition) is 2. The quantitative estimate of drug-likeness (QED) is 0.683. The van der Waals surface area contributed by atoms with E-state index in [9.17, 15) is 17.6 Å². The molecule has 0 aliphatic rings. The first kappa shape index (κ1) is 14.1. The van der Waals surface area contributed by atoms with Crippen LogP contribution in [-0.2, 0) is 0 Å². The third-order valence-electron chi connectivity index (χ3n) is 2.16. The molecule has 0 amide bonds. The molecule has 0 bridgehead atoms. The second kappa shape index (κ2) is 5.12. The zero-order valence-electron chi connectivity index (χ0n) is 8.98. The SMILES string of the molecule is CCN(CC(F)(F)F)c1cc(Br)c(F)cc1N. The molecule has 0 unspecified atom stereocenters. The minimum atomic E-state index is -4.33. The maximum Gasteiger partial charge on any atom is 0.405 e. The minimum Gasteiger partial charge on any atom is -0.397 e. The number of halogens is 5. The van der Waals surface area contributed by atoms with Gasteiger partial charge in [-0.3, -0.25) is 0 Å². The summed E-state index contributed by atoms with van der Waals surface area (Å²) in [4.78, 5) is 1.04. The van der Waals surface area contributed by atoms with Gasteiger partial charge in [-0.1, -0.05) is 0 Å². The van der Waals surface area contributed by atoms with Crippen LogP contribution in [0, 0.1) is 5.82 Å². The lowest BCUT2D eigenvalue weighted by atomic mass is 10.2. The van der Waals surface area contributed by atoms with Gasteiger partial charge in [0.1, 0.15) is 12.4 Å². The number of anilines is 2. The minimum absolute atomic E-state index is 0.0169. The van der Waals surface area contributed by atoms with Gasteiger partial charge in [-0.2, -0.15) is 13.2 Å². The molecular weight excluding hydrogens is 304 g/mol. The van der Waals surface area contributed by atoms with Gasteiger partial charge in [0.05, 0.1) is 15.8 Å². The first-order valence-corrected chi connectivity index (χ1v) is 5.60. The maximum atomic E-state index is 13.1. The lowest BCUT2D eigenvalue weighted by Gasteiger charge is -2.26. The largest absolute Gasteiger partial charge is 0.405 e. The third kappa shape index (κ3) is 3.76. The second-order valence-corrected chi connectivity index (χ2v) is 4.31. The van der Waals surface area contributed by atoms with Crippen LogP contribution in [-0.4, -0.2) is 19.3 Å². The molecule has 0 radical (unpaired) electrons. The van der Waals surface area contributed by atoms with Crippen molar-refractivity contribution in [3.05, 3.63) is 22.4 Å². The average molecular weight is 315 g/mol. The van der Waals surface area contributed by atoms with Crippen LogP contribution in [0.25, 0.3) is 0 Å². The number of benzene rings is 1. The summed E-state index contributed by atoms with van der Waals surface area (Å²) >= 11 is 2.92. The van der Waals surface area contributed by atoms with Crippen LogP contribution in [0.15, 0.2) is 16.6 Å². The summed E-state index contributed by atoms with van der Waals surface area (Å²) in [5.41, 5.74) is 5.66. The fraction of sp³-hybridized carbons (Fsp3) is 0.400. The molecule has 96 valence electrons. The van der Waals surface area contributed by atoms with Crippen LogP contribution in [0.1, 0.15) is 6.92 Å². The van der Waals surface area contributed by atoms with Crippen molar-refractivity contribution in [1.29, 1.82) is 0 Å². The predicted molar refractivity (Wildman–Crippen MR) is 62.5 cm³/mol. The first-order chi connectivity index (χ1) is 7.74. The number of nitrogens with two attached hydrogens (primary N) is 1. The van der Waals surface area contributed by atoms with E-state index in [-0.39, 0.29) is 22.4 Å². The van der Waals surface area contributed by atoms with Crippen molar-refractivity contribution in [2.24, 2.45) is 0 Å². The number of hydrogen-bond donors (Lipinski definition) is 1. The van der Waals surface area contributed by atoms with Crippen LogP contribution in [0.4, 0.5) is 28.9 Å². The zero-order valence-corrected chi connectivity index (χ0v) is 10.6. The Kier molecular flexibility index (Phi) is 4.24. The van der Waals surface area contributed by atoms with Crippen molar-refractivity contribution in [2.45, 2.75) is 13.1 Å². The molecule has 0 saturated heterocycles. The number of nitrogen functional groups attached to an aromatic ring is 1. The first-order valence-electron chi connectivity index (χ1n) is 4.81. The lowest BCUT2D eigenvalue weighted by Crippen LogP contribution is -2.34. The Labute approximate surface area is 105 Å². The Morgan fingerprint density at radius 2 is 1.94 bits per heavy atom. The van der Waals surface area contributed by atoms with Crippen LogP contribution >= 0.6 is 15.9 Å². The molecule has 1 aromatic rings. The van der Waals surface area contributed by atoms with Crippen molar-refractivity contribution in [2.75, 3.05) is 23.7 Å². The van der Waals surface area contributed by atoms with Crippen molar-refractivity contribution >= 4 is 27.3 Å². The van der Waals surface area contributed by atoms with Gasteiger partial charge < -0.3 is 10.6 Å².